The molecule has 0 bridgehead atoms. The largest absolute Gasteiger partial charge is 0.347 e. The summed E-state index contributed by atoms with van der Waals surface area (Å²) in [5.41, 5.74) is 6.17. The Hall–Kier alpha value is -1.23. The molecule has 0 radical (unpaired) electrons. The third-order valence-electron chi connectivity index (χ3n) is 3.49. The van der Waals surface area contributed by atoms with Crippen LogP contribution in [0.5, 0.6) is 0 Å². The predicted molar refractivity (Wildman–Crippen MR) is 65.4 cm³/mol. The van der Waals surface area contributed by atoms with E-state index in [-0.39, 0.29) is 17.9 Å². The minimum Gasteiger partial charge on any atom is -0.347 e. The molecule has 4 nitrogen and oxygen atoms in total. The predicted octanol–water partition coefficient (Wildman–Crippen LogP) is 1.63. The first-order valence-corrected chi connectivity index (χ1v) is 6.10. The van der Waals surface area contributed by atoms with E-state index in [1.807, 2.05) is 4.90 Å². The number of aryl methyl sites for hydroxylation is 1. The molecule has 1 aliphatic rings. The first kappa shape index (κ1) is 12.2. The van der Waals surface area contributed by atoms with Gasteiger partial charge in [0.15, 0.2) is 11.6 Å². The molecule has 2 atom stereocenters. The van der Waals surface area contributed by atoms with Crippen LogP contribution in [-0.2, 0) is 0 Å². The molecule has 1 saturated heterocycles. The Kier molecular flexibility index (Phi) is 3.57. The third kappa shape index (κ3) is 2.24. The highest BCUT2D eigenvalue weighted by molar-refractivity contribution is 5.44. The number of rotatable bonds is 2. The van der Waals surface area contributed by atoms with Gasteiger partial charge in [-0.3, -0.25) is 0 Å². The van der Waals surface area contributed by atoms with Gasteiger partial charge in [0.05, 0.1) is 5.69 Å². The molecule has 0 amide bonds. The van der Waals surface area contributed by atoms with E-state index < -0.39 is 0 Å². The number of anilines is 1. The molecule has 17 heavy (non-hydrogen) atoms. The van der Waals surface area contributed by atoms with Crippen LogP contribution in [0.4, 0.5) is 10.2 Å². The Bertz CT molecular complexity index is 396. The average molecular weight is 238 g/mol. The second-order valence-electron chi connectivity index (χ2n) is 4.67. The van der Waals surface area contributed by atoms with Crippen LogP contribution in [0, 0.1) is 12.7 Å². The number of hydrogen-bond acceptors (Lipinski definition) is 4. The van der Waals surface area contributed by atoms with Crippen LogP contribution in [-0.4, -0.2) is 28.6 Å². The van der Waals surface area contributed by atoms with Gasteiger partial charge >= 0.3 is 0 Å². The SMILES string of the molecule is Cc1ncnc(N2C(C)CCCC2CN)c1F. The van der Waals surface area contributed by atoms with Gasteiger partial charge in [0.2, 0.25) is 0 Å². The number of nitrogens with two attached hydrogens (primary N) is 1. The van der Waals surface area contributed by atoms with E-state index in [4.69, 9.17) is 5.73 Å². The van der Waals surface area contributed by atoms with Crippen LogP contribution in [0.25, 0.3) is 0 Å². The first-order valence-electron chi connectivity index (χ1n) is 6.10. The lowest BCUT2D eigenvalue weighted by Crippen LogP contribution is -2.49. The number of piperidine rings is 1. The minimum absolute atomic E-state index is 0.183. The second-order valence-corrected chi connectivity index (χ2v) is 4.67. The zero-order valence-electron chi connectivity index (χ0n) is 10.4. The molecule has 1 aromatic heterocycles. The van der Waals surface area contributed by atoms with Gasteiger partial charge in [0, 0.05) is 18.6 Å². The summed E-state index contributed by atoms with van der Waals surface area (Å²) >= 11 is 0. The topological polar surface area (TPSA) is 55.0 Å². The molecule has 2 heterocycles. The Morgan fingerprint density at radius 2 is 2.24 bits per heavy atom. The summed E-state index contributed by atoms with van der Waals surface area (Å²) in [6.45, 7) is 4.29. The highest BCUT2D eigenvalue weighted by Gasteiger charge is 2.30. The van der Waals surface area contributed by atoms with E-state index in [2.05, 4.69) is 16.9 Å². The molecule has 0 aromatic carbocycles. The van der Waals surface area contributed by atoms with Crippen molar-refractivity contribution in [3.05, 3.63) is 17.8 Å². The van der Waals surface area contributed by atoms with Crippen molar-refractivity contribution < 1.29 is 4.39 Å². The van der Waals surface area contributed by atoms with Gasteiger partial charge in [-0.1, -0.05) is 0 Å². The quantitative estimate of drug-likeness (QED) is 0.851. The fourth-order valence-corrected chi connectivity index (χ4v) is 2.53. The maximum atomic E-state index is 14.1. The molecule has 1 fully saturated rings. The van der Waals surface area contributed by atoms with Crippen LogP contribution in [0.15, 0.2) is 6.33 Å². The Labute approximate surface area is 101 Å². The lowest BCUT2D eigenvalue weighted by atomic mass is 9.96. The first-order chi connectivity index (χ1) is 8.15. The van der Waals surface area contributed by atoms with Gasteiger partial charge in [0.25, 0.3) is 0 Å². The molecule has 1 aromatic rings. The summed E-state index contributed by atoms with van der Waals surface area (Å²) < 4.78 is 14.1. The minimum atomic E-state index is -0.320. The smallest absolute Gasteiger partial charge is 0.186 e. The van der Waals surface area contributed by atoms with Crippen molar-refractivity contribution in [1.82, 2.24) is 9.97 Å². The molecule has 2 unspecified atom stereocenters. The third-order valence-corrected chi connectivity index (χ3v) is 3.49. The highest BCUT2D eigenvalue weighted by atomic mass is 19.1. The molecule has 0 spiro atoms. The summed E-state index contributed by atoms with van der Waals surface area (Å²) in [5, 5.41) is 0. The summed E-state index contributed by atoms with van der Waals surface area (Å²) in [4.78, 5) is 9.98. The fraction of sp³-hybridized carbons (Fsp3) is 0.667. The molecule has 1 aliphatic heterocycles. The number of nitrogens with zero attached hydrogens (tertiary/aromatic N) is 3. The van der Waals surface area contributed by atoms with Gasteiger partial charge in [-0.15, -0.1) is 0 Å². The van der Waals surface area contributed by atoms with Crippen LogP contribution in [0.1, 0.15) is 31.9 Å². The Balaban J connectivity index is 2.38. The van der Waals surface area contributed by atoms with Crippen LogP contribution < -0.4 is 10.6 Å². The average Bonchev–Trinajstić information content (AvgIpc) is 2.33. The van der Waals surface area contributed by atoms with Crippen LogP contribution in [0.2, 0.25) is 0 Å². The molecular formula is C12H19FN4. The molecule has 2 rings (SSSR count). The summed E-state index contributed by atoms with van der Waals surface area (Å²) in [6, 6.07) is 0.462. The van der Waals surface area contributed by atoms with Crippen LogP contribution >= 0.6 is 0 Å². The molecule has 0 saturated carbocycles. The molecule has 0 aliphatic carbocycles. The fourth-order valence-electron chi connectivity index (χ4n) is 2.53. The lowest BCUT2D eigenvalue weighted by Gasteiger charge is -2.41. The van der Waals surface area contributed by atoms with Crippen molar-refractivity contribution in [3.63, 3.8) is 0 Å². The summed E-state index contributed by atoms with van der Waals surface area (Å²) in [5.74, 6) is 0.0832. The maximum absolute atomic E-state index is 14.1. The number of halogens is 1. The van der Waals surface area contributed by atoms with E-state index in [0.717, 1.165) is 19.3 Å². The zero-order valence-corrected chi connectivity index (χ0v) is 10.4. The van der Waals surface area contributed by atoms with Gasteiger partial charge in [-0.05, 0) is 33.1 Å². The van der Waals surface area contributed by atoms with Gasteiger partial charge < -0.3 is 10.6 Å². The van der Waals surface area contributed by atoms with Crippen molar-refractivity contribution in [2.45, 2.75) is 45.2 Å². The van der Waals surface area contributed by atoms with Crippen molar-refractivity contribution in [3.8, 4) is 0 Å². The van der Waals surface area contributed by atoms with Crippen LogP contribution in [0.3, 0.4) is 0 Å². The van der Waals surface area contributed by atoms with Gasteiger partial charge in [-0.2, -0.15) is 0 Å². The second kappa shape index (κ2) is 4.96. The van der Waals surface area contributed by atoms with E-state index in [1.165, 1.54) is 6.33 Å². The monoisotopic (exact) mass is 238 g/mol. The molecular weight excluding hydrogens is 219 g/mol. The van der Waals surface area contributed by atoms with E-state index in [1.54, 1.807) is 6.92 Å². The zero-order chi connectivity index (χ0) is 12.4. The number of aromatic nitrogens is 2. The summed E-state index contributed by atoms with van der Waals surface area (Å²) in [6.07, 6.45) is 4.62. The maximum Gasteiger partial charge on any atom is 0.186 e. The van der Waals surface area contributed by atoms with Crippen molar-refractivity contribution in [2.75, 3.05) is 11.4 Å². The summed E-state index contributed by atoms with van der Waals surface area (Å²) in [7, 11) is 0. The van der Waals surface area contributed by atoms with Gasteiger partial charge in [-0.25, -0.2) is 14.4 Å². The molecule has 5 heteroatoms. The van der Waals surface area contributed by atoms with E-state index in [9.17, 15) is 4.39 Å². The Morgan fingerprint density at radius 3 is 2.94 bits per heavy atom. The van der Waals surface area contributed by atoms with Crippen molar-refractivity contribution in [2.24, 2.45) is 5.73 Å². The van der Waals surface area contributed by atoms with E-state index >= 15 is 0 Å². The standard InChI is InChI=1S/C12H19FN4/c1-8-4-3-5-10(6-14)17(8)12-11(13)9(2)15-7-16-12/h7-8,10H,3-6,14H2,1-2H3. The molecule has 94 valence electrons. The van der Waals surface area contributed by atoms with Crippen molar-refractivity contribution >= 4 is 5.82 Å². The van der Waals surface area contributed by atoms with E-state index in [0.29, 0.717) is 18.1 Å². The highest BCUT2D eigenvalue weighted by Crippen LogP contribution is 2.29. The molecule has 2 N–H and O–H groups in total. The Morgan fingerprint density at radius 1 is 1.47 bits per heavy atom. The normalized spacial score (nSPS) is 25.1. The van der Waals surface area contributed by atoms with Crippen molar-refractivity contribution in [1.29, 1.82) is 0 Å². The lowest BCUT2D eigenvalue weighted by molar-refractivity contribution is 0.390. The number of hydrogen-bond donors (Lipinski definition) is 1. The van der Waals surface area contributed by atoms with Gasteiger partial charge in [0.1, 0.15) is 6.33 Å².